The Morgan fingerprint density at radius 1 is 0.844 bits per heavy atom. The molecule has 0 bridgehead atoms. The van der Waals surface area contributed by atoms with E-state index < -0.39 is 34.3 Å². The highest BCUT2D eigenvalue weighted by Crippen LogP contribution is 2.28. The van der Waals surface area contributed by atoms with Crippen LogP contribution >= 0.6 is 23.2 Å². The number of sulfonamides is 1. The molecule has 0 aromatic heterocycles. The molecule has 1 atom stereocenters. The molecule has 0 fully saturated rings. The molecular weight excluding hydrogens is 636 g/mol. The Morgan fingerprint density at radius 2 is 1.47 bits per heavy atom. The van der Waals surface area contributed by atoms with Crippen molar-refractivity contribution >= 4 is 50.7 Å². The van der Waals surface area contributed by atoms with Crippen LogP contribution in [0.1, 0.15) is 25.0 Å². The van der Waals surface area contributed by atoms with Gasteiger partial charge in [-0.25, -0.2) is 12.8 Å². The van der Waals surface area contributed by atoms with Crippen LogP contribution in [0, 0.1) is 11.7 Å². The van der Waals surface area contributed by atoms with E-state index in [-0.39, 0.29) is 40.4 Å². The summed E-state index contributed by atoms with van der Waals surface area (Å²) in [6.07, 6.45) is 0.178. The molecule has 0 aliphatic carbocycles. The van der Waals surface area contributed by atoms with E-state index in [4.69, 9.17) is 23.2 Å². The van der Waals surface area contributed by atoms with Gasteiger partial charge in [0.15, 0.2) is 0 Å². The van der Waals surface area contributed by atoms with Gasteiger partial charge in [-0.2, -0.15) is 0 Å². The van der Waals surface area contributed by atoms with Crippen LogP contribution in [0.5, 0.6) is 0 Å². The molecule has 7 nitrogen and oxygen atoms in total. The fraction of sp³-hybridized carbons (Fsp3) is 0.235. The van der Waals surface area contributed by atoms with Crippen molar-refractivity contribution in [1.82, 2.24) is 10.2 Å². The molecule has 0 aliphatic rings. The Hall–Kier alpha value is -3.92. The molecule has 0 spiro atoms. The lowest BCUT2D eigenvalue weighted by Gasteiger charge is -2.34. The number of amides is 2. The lowest BCUT2D eigenvalue weighted by molar-refractivity contribution is -0.140. The summed E-state index contributed by atoms with van der Waals surface area (Å²) in [5.74, 6) is -1.61. The van der Waals surface area contributed by atoms with Gasteiger partial charge >= 0.3 is 0 Å². The number of benzene rings is 4. The molecule has 45 heavy (non-hydrogen) atoms. The predicted octanol–water partition coefficient (Wildman–Crippen LogP) is 6.74. The van der Waals surface area contributed by atoms with Crippen molar-refractivity contribution in [1.29, 1.82) is 0 Å². The predicted molar refractivity (Wildman–Crippen MR) is 176 cm³/mol. The lowest BCUT2D eigenvalue weighted by Crippen LogP contribution is -2.53. The average molecular weight is 671 g/mol. The molecule has 1 N–H and O–H groups in total. The molecule has 0 saturated heterocycles. The zero-order valence-corrected chi connectivity index (χ0v) is 27.2. The minimum Gasteiger partial charge on any atom is -0.354 e. The van der Waals surface area contributed by atoms with E-state index in [1.807, 2.05) is 44.2 Å². The topological polar surface area (TPSA) is 86.8 Å². The molecule has 0 radical (unpaired) electrons. The van der Waals surface area contributed by atoms with Gasteiger partial charge in [0.05, 0.1) is 15.6 Å². The first-order valence-electron chi connectivity index (χ1n) is 14.3. The number of nitrogens with zero attached hydrogens (tertiary/aromatic N) is 2. The Bertz CT molecular complexity index is 1710. The summed E-state index contributed by atoms with van der Waals surface area (Å²) in [6, 6.07) is 26.2. The highest BCUT2D eigenvalue weighted by molar-refractivity contribution is 7.92. The van der Waals surface area contributed by atoms with Gasteiger partial charge < -0.3 is 10.2 Å². The van der Waals surface area contributed by atoms with E-state index in [1.54, 1.807) is 42.5 Å². The monoisotopic (exact) mass is 669 g/mol. The van der Waals surface area contributed by atoms with Crippen LogP contribution in [0.25, 0.3) is 0 Å². The van der Waals surface area contributed by atoms with Gasteiger partial charge in [0.25, 0.3) is 10.0 Å². The van der Waals surface area contributed by atoms with E-state index in [9.17, 15) is 22.4 Å². The average Bonchev–Trinajstić information content (AvgIpc) is 3.03. The maximum absolute atomic E-state index is 14.4. The van der Waals surface area contributed by atoms with Gasteiger partial charge in [0.1, 0.15) is 18.4 Å². The quantitative estimate of drug-likeness (QED) is 0.171. The standard InChI is InChI=1S/C34H34Cl2FN3O4S/c1-24(2)21-38-34(42)32(19-25-9-5-3-6-10-25)39(22-26-13-15-27(35)16-14-26)33(41)23-40(28-17-18-31(37)30(36)20-28)45(43,44)29-11-7-4-8-12-29/h3-18,20,24,32H,19,21-23H2,1-2H3,(H,38,42)/t32-/m1/s1. The van der Waals surface area contributed by atoms with Gasteiger partial charge in [-0.3, -0.25) is 13.9 Å². The summed E-state index contributed by atoms with van der Waals surface area (Å²) in [6.45, 7) is 3.61. The van der Waals surface area contributed by atoms with Gasteiger partial charge in [0, 0.05) is 24.5 Å². The number of hydrogen-bond acceptors (Lipinski definition) is 4. The van der Waals surface area contributed by atoms with Crippen molar-refractivity contribution in [2.24, 2.45) is 5.92 Å². The van der Waals surface area contributed by atoms with Gasteiger partial charge in [-0.1, -0.05) is 97.7 Å². The molecule has 2 amide bonds. The second-order valence-corrected chi connectivity index (χ2v) is 13.6. The number of carbonyl (C=O) groups excluding carboxylic acids is 2. The van der Waals surface area contributed by atoms with Crippen LogP contribution < -0.4 is 9.62 Å². The summed E-state index contributed by atoms with van der Waals surface area (Å²) in [5.41, 5.74) is 1.49. The molecule has 0 heterocycles. The van der Waals surface area contributed by atoms with Crippen LogP contribution in [0.4, 0.5) is 10.1 Å². The third kappa shape index (κ3) is 9.06. The van der Waals surface area contributed by atoms with Gasteiger partial charge in [-0.05, 0) is 59.5 Å². The van der Waals surface area contributed by atoms with E-state index in [1.165, 1.54) is 23.1 Å². The number of halogens is 3. The minimum atomic E-state index is -4.33. The Kier molecular flexibility index (Phi) is 11.6. The van der Waals surface area contributed by atoms with Crippen LogP contribution in [0.3, 0.4) is 0 Å². The van der Waals surface area contributed by atoms with Gasteiger partial charge in [-0.15, -0.1) is 0 Å². The zero-order chi connectivity index (χ0) is 32.6. The van der Waals surface area contributed by atoms with Crippen molar-refractivity contribution < 1.29 is 22.4 Å². The first kappa shape index (κ1) is 34.0. The first-order chi connectivity index (χ1) is 21.5. The van der Waals surface area contributed by atoms with Crippen LogP contribution in [0.2, 0.25) is 10.0 Å². The van der Waals surface area contributed by atoms with Gasteiger partial charge in [0.2, 0.25) is 11.8 Å². The third-order valence-electron chi connectivity index (χ3n) is 7.02. The van der Waals surface area contributed by atoms with Crippen molar-refractivity contribution in [3.63, 3.8) is 0 Å². The second kappa shape index (κ2) is 15.4. The molecular formula is C34H34Cl2FN3O4S. The summed E-state index contributed by atoms with van der Waals surface area (Å²) in [5, 5.41) is 3.14. The van der Waals surface area contributed by atoms with Crippen LogP contribution in [-0.4, -0.2) is 44.3 Å². The van der Waals surface area contributed by atoms with E-state index >= 15 is 0 Å². The van der Waals surface area contributed by atoms with Crippen molar-refractivity contribution in [3.8, 4) is 0 Å². The first-order valence-corrected chi connectivity index (χ1v) is 16.5. The fourth-order valence-corrected chi connectivity index (χ4v) is 6.38. The summed E-state index contributed by atoms with van der Waals surface area (Å²) in [7, 11) is -4.33. The molecule has 0 saturated carbocycles. The fourth-order valence-electron chi connectivity index (χ4n) is 4.65. The molecule has 4 aromatic rings. The largest absolute Gasteiger partial charge is 0.354 e. The molecule has 4 rings (SSSR count). The number of rotatable bonds is 13. The number of hydrogen-bond donors (Lipinski definition) is 1. The Balaban J connectivity index is 1.80. The normalized spacial score (nSPS) is 12.0. The summed E-state index contributed by atoms with van der Waals surface area (Å²) < 4.78 is 43.0. The van der Waals surface area contributed by atoms with E-state index in [0.29, 0.717) is 17.1 Å². The van der Waals surface area contributed by atoms with Crippen molar-refractivity contribution in [2.75, 3.05) is 17.4 Å². The lowest BCUT2D eigenvalue weighted by atomic mass is 10.0. The Labute approximate surface area is 273 Å². The maximum Gasteiger partial charge on any atom is 0.264 e. The number of anilines is 1. The SMILES string of the molecule is CC(C)CNC(=O)[C@@H](Cc1ccccc1)N(Cc1ccc(Cl)cc1)C(=O)CN(c1ccc(F)c(Cl)c1)S(=O)(=O)c1ccccc1. The van der Waals surface area contributed by atoms with E-state index in [0.717, 1.165) is 22.0 Å². The molecule has 236 valence electrons. The van der Waals surface area contributed by atoms with Crippen molar-refractivity contribution in [3.05, 3.63) is 130 Å². The number of nitrogens with one attached hydrogen (secondary N) is 1. The molecule has 0 unspecified atom stereocenters. The van der Waals surface area contributed by atoms with E-state index in [2.05, 4.69) is 5.32 Å². The maximum atomic E-state index is 14.4. The molecule has 11 heteroatoms. The highest BCUT2D eigenvalue weighted by Gasteiger charge is 2.34. The highest BCUT2D eigenvalue weighted by atomic mass is 35.5. The van der Waals surface area contributed by atoms with Crippen molar-refractivity contribution in [2.45, 2.75) is 37.8 Å². The molecule has 4 aromatic carbocycles. The minimum absolute atomic E-state index is 0.00563. The van der Waals surface area contributed by atoms with Crippen LogP contribution in [-0.2, 0) is 32.6 Å². The van der Waals surface area contributed by atoms with Crippen LogP contribution in [0.15, 0.2) is 108 Å². The smallest absolute Gasteiger partial charge is 0.264 e. The second-order valence-electron chi connectivity index (χ2n) is 10.9. The number of carbonyl (C=O) groups is 2. The Morgan fingerprint density at radius 3 is 2.07 bits per heavy atom. The molecule has 0 aliphatic heterocycles. The summed E-state index contributed by atoms with van der Waals surface area (Å²) >= 11 is 12.2. The zero-order valence-electron chi connectivity index (χ0n) is 24.9. The summed E-state index contributed by atoms with van der Waals surface area (Å²) in [4.78, 5) is 29.5. The third-order valence-corrected chi connectivity index (χ3v) is 9.35.